The first-order chi connectivity index (χ1) is 9.47. The van der Waals surface area contributed by atoms with Crippen LogP contribution in [0.4, 0.5) is 0 Å². The van der Waals surface area contributed by atoms with Crippen LogP contribution in [-0.2, 0) is 14.9 Å². The highest BCUT2D eigenvalue weighted by molar-refractivity contribution is 7.87. The Morgan fingerprint density at radius 3 is 2.45 bits per heavy atom. The highest BCUT2D eigenvalue weighted by Crippen LogP contribution is 2.28. The van der Waals surface area contributed by atoms with Crippen LogP contribution in [0.3, 0.4) is 0 Å². The first-order valence-corrected chi connectivity index (χ1v) is 9.24. The van der Waals surface area contributed by atoms with Gasteiger partial charge in [0.25, 0.3) is 10.2 Å². The summed E-state index contributed by atoms with van der Waals surface area (Å²) in [5, 5.41) is 0. The van der Waals surface area contributed by atoms with E-state index in [2.05, 4.69) is 18.6 Å². The average Bonchev–Trinajstić information content (AvgIpc) is 3.16. The molecular weight excluding hydrogens is 276 g/mol. The molecule has 20 heavy (non-hydrogen) atoms. The van der Waals surface area contributed by atoms with Crippen molar-refractivity contribution in [2.45, 2.75) is 39.5 Å². The van der Waals surface area contributed by atoms with Crippen molar-refractivity contribution in [3.63, 3.8) is 0 Å². The van der Waals surface area contributed by atoms with E-state index in [-0.39, 0.29) is 0 Å². The Hall–Kier alpha value is -0.170. The van der Waals surface area contributed by atoms with Crippen LogP contribution in [0, 0.1) is 17.8 Å². The van der Waals surface area contributed by atoms with Gasteiger partial charge in [-0.05, 0) is 43.4 Å². The van der Waals surface area contributed by atoms with Gasteiger partial charge in [-0.2, -0.15) is 12.7 Å². The molecule has 2 atom stereocenters. The zero-order valence-electron chi connectivity index (χ0n) is 12.7. The van der Waals surface area contributed by atoms with Gasteiger partial charge in [0.15, 0.2) is 0 Å². The van der Waals surface area contributed by atoms with Crippen molar-refractivity contribution in [1.29, 1.82) is 0 Å². The van der Waals surface area contributed by atoms with E-state index >= 15 is 0 Å². The second-order valence-corrected chi connectivity index (χ2v) is 8.29. The molecule has 0 amide bonds. The summed E-state index contributed by atoms with van der Waals surface area (Å²) < 4.78 is 34.2. The molecule has 1 aliphatic heterocycles. The van der Waals surface area contributed by atoms with E-state index < -0.39 is 10.2 Å². The van der Waals surface area contributed by atoms with Gasteiger partial charge in [0.2, 0.25) is 0 Å². The summed E-state index contributed by atoms with van der Waals surface area (Å²) in [5.74, 6) is 1.65. The van der Waals surface area contributed by atoms with Crippen molar-refractivity contribution in [2.75, 3.05) is 32.8 Å². The van der Waals surface area contributed by atoms with Gasteiger partial charge < -0.3 is 4.74 Å². The molecule has 2 fully saturated rings. The fraction of sp³-hybridized carbons (Fsp3) is 1.00. The predicted molar refractivity (Wildman–Crippen MR) is 79.6 cm³/mol. The molecule has 0 aromatic rings. The lowest BCUT2D eigenvalue weighted by atomic mass is 9.94. The van der Waals surface area contributed by atoms with Gasteiger partial charge in [-0.3, -0.25) is 0 Å². The molecule has 0 aromatic carbocycles. The minimum Gasteiger partial charge on any atom is -0.381 e. The Kier molecular flexibility index (Phi) is 5.84. The molecule has 6 heteroatoms. The van der Waals surface area contributed by atoms with Crippen molar-refractivity contribution in [1.82, 2.24) is 9.03 Å². The molecule has 0 spiro atoms. The SMILES string of the molecule is CC1CC(C)CN(S(=O)(=O)NCCCOCC2CC2)C1. The van der Waals surface area contributed by atoms with E-state index in [0.29, 0.717) is 38.1 Å². The van der Waals surface area contributed by atoms with E-state index in [4.69, 9.17) is 4.74 Å². The second kappa shape index (κ2) is 7.20. The van der Waals surface area contributed by atoms with Crippen LogP contribution < -0.4 is 4.72 Å². The molecule has 1 saturated carbocycles. The van der Waals surface area contributed by atoms with Crippen LogP contribution >= 0.6 is 0 Å². The number of ether oxygens (including phenoxy) is 1. The van der Waals surface area contributed by atoms with Gasteiger partial charge >= 0.3 is 0 Å². The van der Waals surface area contributed by atoms with Crippen LogP contribution in [0.5, 0.6) is 0 Å². The van der Waals surface area contributed by atoms with Gasteiger partial charge in [0.05, 0.1) is 0 Å². The minimum atomic E-state index is -3.31. The zero-order chi connectivity index (χ0) is 14.6. The van der Waals surface area contributed by atoms with Crippen LogP contribution in [0.2, 0.25) is 0 Å². The first-order valence-electron chi connectivity index (χ1n) is 7.80. The molecule has 5 nitrogen and oxygen atoms in total. The summed E-state index contributed by atoms with van der Waals surface area (Å²) >= 11 is 0. The monoisotopic (exact) mass is 304 g/mol. The Labute approximate surface area is 123 Å². The third kappa shape index (κ3) is 5.31. The van der Waals surface area contributed by atoms with Crippen molar-refractivity contribution in [3.05, 3.63) is 0 Å². The number of hydrogen-bond donors (Lipinski definition) is 1. The summed E-state index contributed by atoms with van der Waals surface area (Å²) in [5.41, 5.74) is 0. The maximum absolute atomic E-state index is 12.2. The molecule has 118 valence electrons. The lowest BCUT2D eigenvalue weighted by molar-refractivity contribution is 0.123. The van der Waals surface area contributed by atoms with Crippen molar-refractivity contribution >= 4 is 10.2 Å². The summed E-state index contributed by atoms with van der Waals surface area (Å²) in [6.07, 6.45) is 4.43. The molecule has 0 aromatic heterocycles. The lowest BCUT2D eigenvalue weighted by Gasteiger charge is -2.33. The normalized spacial score (nSPS) is 28.7. The molecular formula is C14H28N2O3S. The van der Waals surface area contributed by atoms with Crippen molar-refractivity contribution in [2.24, 2.45) is 17.8 Å². The number of rotatable bonds is 8. The second-order valence-electron chi connectivity index (χ2n) is 6.53. The van der Waals surface area contributed by atoms with Crippen LogP contribution in [-0.4, -0.2) is 45.6 Å². The third-order valence-electron chi connectivity index (χ3n) is 3.98. The molecule has 0 radical (unpaired) electrons. The van der Waals surface area contributed by atoms with E-state index in [1.165, 1.54) is 12.8 Å². The van der Waals surface area contributed by atoms with E-state index in [1.807, 2.05) is 0 Å². The molecule has 1 heterocycles. The third-order valence-corrected chi connectivity index (χ3v) is 5.52. The largest absolute Gasteiger partial charge is 0.381 e. The maximum atomic E-state index is 12.2. The molecule has 0 bridgehead atoms. The molecule has 2 rings (SSSR count). The summed E-state index contributed by atoms with van der Waals surface area (Å²) in [7, 11) is -3.31. The molecule has 1 N–H and O–H groups in total. The zero-order valence-corrected chi connectivity index (χ0v) is 13.5. The van der Waals surface area contributed by atoms with Gasteiger partial charge in [0.1, 0.15) is 0 Å². The van der Waals surface area contributed by atoms with Crippen LogP contribution in [0.15, 0.2) is 0 Å². The predicted octanol–water partition coefficient (Wildman–Crippen LogP) is 1.62. The van der Waals surface area contributed by atoms with Crippen molar-refractivity contribution in [3.8, 4) is 0 Å². The fourth-order valence-corrected chi connectivity index (χ4v) is 4.29. The Morgan fingerprint density at radius 2 is 1.85 bits per heavy atom. The van der Waals surface area contributed by atoms with Crippen LogP contribution in [0.25, 0.3) is 0 Å². The number of nitrogens with one attached hydrogen (secondary N) is 1. The van der Waals surface area contributed by atoms with Gasteiger partial charge in [-0.1, -0.05) is 13.8 Å². The van der Waals surface area contributed by atoms with Crippen molar-refractivity contribution < 1.29 is 13.2 Å². The summed E-state index contributed by atoms with van der Waals surface area (Å²) in [6.45, 7) is 7.45. The summed E-state index contributed by atoms with van der Waals surface area (Å²) in [6, 6.07) is 0. The highest BCUT2D eigenvalue weighted by Gasteiger charge is 2.29. The quantitative estimate of drug-likeness (QED) is 0.693. The van der Waals surface area contributed by atoms with Gasteiger partial charge in [0, 0.05) is 32.8 Å². The Balaban J connectivity index is 1.64. The van der Waals surface area contributed by atoms with Gasteiger partial charge in [-0.25, -0.2) is 4.72 Å². The number of piperidine rings is 1. The smallest absolute Gasteiger partial charge is 0.279 e. The Bertz CT molecular complexity index is 385. The van der Waals surface area contributed by atoms with Gasteiger partial charge in [-0.15, -0.1) is 0 Å². The average molecular weight is 304 g/mol. The molecule has 1 saturated heterocycles. The van der Waals surface area contributed by atoms with E-state index in [9.17, 15) is 8.42 Å². The Morgan fingerprint density at radius 1 is 1.20 bits per heavy atom. The molecule has 2 unspecified atom stereocenters. The van der Waals surface area contributed by atoms with E-state index in [0.717, 1.165) is 25.4 Å². The van der Waals surface area contributed by atoms with E-state index in [1.54, 1.807) is 4.31 Å². The number of hydrogen-bond acceptors (Lipinski definition) is 3. The number of nitrogens with zero attached hydrogens (tertiary/aromatic N) is 1. The van der Waals surface area contributed by atoms with Crippen LogP contribution in [0.1, 0.15) is 39.5 Å². The first kappa shape index (κ1) is 16.2. The minimum absolute atomic E-state index is 0.442. The fourth-order valence-electron chi connectivity index (χ4n) is 2.80. The highest BCUT2D eigenvalue weighted by atomic mass is 32.2. The summed E-state index contributed by atoms with van der Waals surface area (Å²) in [4.78, 5) is 0. The standard InChI is InChI=1S/C14H28N2O3S/c1-12-8-13(2)10-16(9-12)20(17,18)15-6-3-7-19-11-14-4-5-14/h12-15H,3-11H2,1-2H3. The molecule has 1 aliphatic carbocycles. The molecule has 2 aliphatic rings. The topological polar surface area (TPSA) is 58.6 Å². The lowest BCUT2D eigenvalue weighted by Crippen LogP contribution is -2.48. The maximum Gasteiger partial charge on any atom is 0.279 e.